The molecule has 0 aliphatic rings. The van der Waals surface area contributed by atoms with Crippen LogP contribution in [-0.2, 0) is 0 Å². The molecule has 20 heavy (non-hydrogen) atoms. The van der Waals surface area contributed by atoms with Gasteiger partial charge in [-0.1, -0.05) is 19.1 Å². The molecule has 106 valence electrons. The minimum absolute atomic E-state index is 0.00557. The zero-order chi connectivity index (χ0) is 14.4. The molecular formula is C15H15BrO3S. The second-order valence-corrected chi connectivity index (χ2v) is 5.88. The smallest absolute Gasteiger partial charge is 0.211 e. The lowest BCUT2D eigenvalue weighted by molar-refractivity contribution is 0.0922. The number of ketones is 1. The van der Waals surface area contributed by atoms with Crippen LogP contribution in [0.5, 0.6) is 11.5 Å². The van der Waals surface area contributed by atoms with Gasteiger partial charge in [0.15, 0.2) is 18.1 Å². The molecule has 2 aromatic rings. The van der Waals surface area contributed by atoms with Gasteiger partial charge in [-0.05, 0) is 45.9 Å². The van der Waals surface area contributed by atoms with Crippen LogP contribution in [0.15, 0.2) is 40.2 Å². The molecule has 0 saturated heterocycles. The first kappa shape index (κ1) is 15.1. The highest BCUT2D eigenvalue weighted by Gasteiger charge is 2.13. The van der Waals surface area contributed by atoms with Crippen molar-refractivity contribution in [3.8, 4) is 11.5 Å². The Bertz CT molecular complexity index is 580. The predicted molar refractivity (Wildman–Crippen MR) is 84.1 cm³/mol. The molecule has 0 saturated carbocycles. The van der Waals surface area contributed by atoms with Gasteiger partial charge in [0.25, 0.3) is 0 Å². The van der Waals surface area contributed by atoms with Crippen LogP contribution >= 0.6 is 27.3 Å². The number of thiophene rings is 1. The van der Waals surface area contributed by atoms with Crippen LogP contribution in [0.1, 0.15) is 23.0 Å². The van der Waals surface area contributed by atoms with Gasteiger partial charge in [0.1, 0.15) is 0 Å². The van der Waals surface area contributed by atoms with Crippen LogP contribution in [0, 0.1) is 0 Å². The number of para-hydroxylation sites is 2. The number of benzene rings is 1. The topological polar surface area (TPSA) is 35.5 Å². The highest BCUT2D eigenvalue weighted by Crippen LogP contribution is 2.28. The van der Waals surface area contributed by atoms with Crippen molar-refractivity contribution in [2.24, 2.45) is 0 Å². The lowest BCUT2D eigenvalue weighted by Gasteiger charge is -2.11. The molecule has 0 aliphatic heterocycles. The number of Topliss-reactive ketones (excluding diaryl/α,β-unsaturated/α-hetero) is 1. The zero-order valence-electron chi connectivity index (χ0n) is 11.1. The Morgan fingerprint density at radius 1 is 1.20 bits per heavy atom. The maximum absolute atomic E-state index is 12.0. The van der Waals surface area contributed by atoms with Crippen LogP contribution in [-0.4, -0.2) is 19.0 Å². The second kappa shape index (κ2) is 7.45. The third kappa shape index (κ3) is 3.84. The number of hydrogen-bond acceptors (Lipinski definition) is 4. The maximum atomic E-state index is 12.0. The van der Waals surface area contributed by atoms with Gasteiger partial charge in [-0.15, -0.1) is 11.3 Å². The monoisotopic (exact) mass is 354 g/mol. The van der Waals surface area contributed by atoms with E-state index in [1.807, 2.05) is 42.6 Å². The van der Waals surface area contributed by atoms with Gasteiger partial charge in [0, 0.05) is 4.47 Å². The number of hydrogen-bond donors (Lipinski definition) is 0. The van der Waals surface area contributed by atoms with Gasteiger partial charge in [-0.2, -0.15) is 0 Å². The predicted octanol–water partition coefficient (Wildman–Crippen LogP) is 4.56. The van der Waals surface area contributed by atoms with Crippen LogP contribution in [0.2, 0.25) is 0 Å². The van der Waals surface area contributed by atoms with Crippen LogP contribution < -0.4 is 9.47 Å². The summed E-state index contributed by atoms with van der Waals surface area (Å²) in [6.07, 6.45) is 0.926. The van der Waals surface area contributed by atoms with Crippen LogP contribution in [0.25, 0.3) is 0 Å². The molecule has 0 atom stereocenters. The molecule has 1 aromatic heterocycles. The van der Waals surface area contributed by atoms with Crippen molar-refractivity contribution in [3.05, 3.63) is 45.1 Å². The van der Waals surface area contributed by atoms with E-state index in [9.17, 15) is 4.79 Å². The number of ether oxygens (including phenoxy) is 2. The van der Waals surface area contributed by atoms with Crippen molar-refractivity contribution in [2.45, 2.75) is 13.3 Å². The van der Waals surface area contributed by atoms with Crippen LogP contribution in [0.4, 0.5) is 0 Å². The summed E-state index contributed by atoms with van der Waals surface area (Å²) in [4.78, 5) is 12.7. The summed E-state index contributed by atoms with van der Waals surface area (Å²) in [7, 11) is 0. The van der Waals surface area contributed by atoms with Gasteiger partial charge in [-0.25, -0.2) is 0 Å². The van der Waals surface area contributed by atoms with Crippen molar-refractivity contribution in [2.75, 3.05) is 13.2 Å². The maximum Gasteiger partial charge on any atom is 0.211 e. The van der Waals surface area contributed by atoms with Gasteiger partial charge >= 0.3 is 0 Å². The fraction of sp³-hybridized carbons (Fsp3) is 0.267. The Morgan fingerprint density at radius 2 is 1.90 bits per heavy atom. The quantitative estimate of drug-likeness (QED) is 0.683. The largest absolute Gasteiger partial charge is 0.490 e. The zero-order valence-corrected chi connectivity index (χ0v) is 13.5. The van der Waals surface area contributed by atoms with Crippen molar-refractivity contribution in [1.29, 1.82) is 0 Å². The molecule has 0 spiro atoms. The summed E-state index contributed by atoms with van der Waals surface area (Å²) >= 11 is 4.75. The molecule has 0 radical (unpaired) electrons. The van der Waals surface area contributed by atoms with Crippen molar-refractivity contribution < 1.29 is 14.3 Å². The standard InChI is InChI=1S/C15H15BrO3S/c1-2-8-18-13-5-3-4-6-14(13)19-10-12(17)15-11(16)7-9-20-15/h3-7,9H,2,8,10H2,1H3. The fourth-order valence-corrected chi connectivity index (χ4v) is 3.12. The van der Waals surface area contributed by atoms with E-state index >= 15 is 0 Å². The number of carbonyl (C=O) groups is 1. The van der Waals surface area contributed by atoms with E-state index in [1.54, 1.807) is 0 Å². The first-order valence-corrected chi connectivity index (χ1v) is 8.00. The Labute approximate surface area is 130 Å². The molecule has 0 bridgehead atoms. The molecule has 0 N–H and O–H groups in total. The average Bonchev–Trinajstić information content (AvgIpc) is 2.89. The molecule has 1 heterocycles. The third-order valence-corrected chi connectivity index (χ3v) is 4.42. The summed E-state index contributed by atoms with van der Waals surface area (Å²) in [6, 6.07) is 9.25. The molecule has 3 nitrogen and oxygen atoms in total. The number of rotatable bonds is 7. The second-order valence-electron chi connectivity index (χ2n) is 4.10. The van der Waals surface area contributed by atoms with Gasteiger partial charge in [0.05, 0.1) is 11.5 Å². The minimum atomic E-state index is -0.0443. The van der Waals surface area contributed by atoms with E-state index in [1.165, 1.54) is 11.3 Å². The summed E-state index contributed by atoms with van der Waals surface area (Å²) in [5.41, 5.74) is 0. The first-order valence-electron chi connectivity index (χ1n) is 6.33. The molecule has 1 aromatic carbocycles. The lowest BCUT2D eigenvalue weighted by Crippen LogP contribution is -2.11. The van der Waals surface area contributed by atoms with E-state index in [0.29, 0.717) is 23.0 Å². The molecule has 5 heteroatoms. The van der Waals surface area contributed by atoms with Gasteiger partial charge < -0.3 is 9.47 Å². The van der Waals surface area contributed by atoms with Crippen molar-refractivity contribution >= 4 is 33.0 Å². The Morgan fingerprint density at radius 3 is 2.50 bits per heavy atom. The van der Waals surface area contributed by atoms with E-state index in [-0.39, 0.29) is 12.4 Å². The third-order valence-electron chi connectivity index (χ3n) is 2.54. The minimum Gasteiger partial charge on any atom is -0.490 e. The summed E-state index contributed by atoms with van der Waals surface area (Å²) < 4.78 is 12.0. The fourth-order valence-electron chi connectivity index (χ4n) is 1.60. The Kier molecular flexibility index (Phi) is 5.61. The Balaban J connectivity index is 2.00. The average molecular weight is 355 g/mol. The number of carbonyl (C=O) groups excluding carboxylic acids is 1. The molecule has 0 unspecified atom stereocenters. The van der Waals surface area contributed by atoms with Gasteiger partial charge in [-0.3, -0.25) is 4.79 Å². The van der Waals surface area contributed by atoms with Crippen molar-refractivity contribution in [3.63, 3.8) is 0 Å². The lowest BCUT2D eigenvalue weighted by atomic mass is 10.3. The highest BCUT2D eigenvalue weighted by atomic mass is 79.9. The van der Waals surface area contributed by atoms with Crippen molar-refractivity contribution in [1.82, 2.24) is 0 Å². The highest BCUT2D eigenvalue weighted by molar-refractivity contribution is 9.10. The molecule has 0 fully saturated rings. The van der Waals surface area contributed by atoms with E-state index in [4.69, 9.17) is 9.47 Å². The normalized spacial score (nSPS) is 10.3. The van der Waals surface area contributed by atoms with Crippen LogP contribution in [0.3, 0.4) is 0 Å². The molecular weight excluding hydrogens is 340 g/mol. The first-order chi connectivity index (χ1) is 9.72. The van der Waals surface area contributed by atoms with E-state index < -0.39 is 0 Å². The SMILES string of the molecule is CCCOc1ccccc1OCC(=O)c1sccc1Br. The van der Waals surface area contributed by atoms with Gasteiger partial charge in [0.2, 0.25) is 5.78 Å². The summed E-state index contributed by atoms with van der Waals surface area (Å²) in [6.45, 7) is 2.68. The Hall–Kier alpha value is -1.33. The number of halogens is 1. The molecule has 0 amide bonds. The summed E-state index contributed by atoms with van der Waals surface area (Å²) in [5.74, 6) is 1.23. The van der Waals surface area contributed by atoms with E-state index in [2.05, 4.69) is 15.9 Å². The molecule has 0 aliphatic carbocycles. The summed E-state index contributed by atoms with van der Waals surface area (Å²) in [5, 5.41) is 1.87. The molecule has 2 rings (SSSR count). The van der Waals surface area contributed by atoms with E-state index in [0.717, 1.165) is 10.9 Å².